The molecule has 0 aliphatic rings. The topological polar surface area (TPSA) is 51.2 Å². The number of alkyl halides is 1. The summed E-state index contributed by atoms with van der Waals surface area (Å²) in [4.78, 5) is 12.4. The molecule has 5 heteroatoms. The summed E-state index contributed by atoms with van der Waals surface area (Å²) in [6.07, 6.45) is 0.204. The van der Waals surface area contributed by atoms with Crippen molar-refractivity contribution in [1.82, 2.24) is 0 Å². The van der Waals surface area contributed by atoms with Crippen LogP contribution in [0, 0.1) is 6.92 Å². The van der Waals surface area contributed by atoms with Gasteiger partial charge >= 0.3 is 0 Å². The Bertz CT molecular complexity index is 534. The Morgan fingerprint density at radius 1 is 1.22 bits per heavy atom. The maximum absolute atomic E-state index is 12.4. The Kier molecular flexibility index (Phi) is 4.72. The van der Waals surface area contributed by atoms with Gasteiger partial charge in [-0.2, -0.15) is 0 Å². The predicted molar refractivity (Wildman–Crippen MR) is 76.9 cm³/mol. The molecule has 0 saturated carbocycles. The van der Waals surface area contributed by atoms with Crippen LogP contribution < -0.4 is 0 Å². The molecule has 0 amide bonds. The van der Waals surface area contributed by atoms with Gasteiger partial charge in [-0.3, -0.25) is 4.79 Å². The average Bonchev–Trinajstić information content (AvgIpc) is 2.37. The molecule has 0 saturated heterocycles. The Hall–Kier alpha value is -0.680. The van der Waals surface area contributed by atoms with Crippen molar-refractivity contribution in [3.8, 4) is 0 Å². The van der Waals surface area contributed by atoms with E-state index in [1.807, 2.05) is 6.92 Å². The minimum atomic E-state index is -3.50. The van der Waals surface area contributed by atoms with Gasteiger partial charge in [-0.25, -0.2) is 8.42 Å². The summed E-state index contributed by atoms with van der Waals surface area (Å²) in [7, 11) is -3.50. The fraction of sp³-hybridized carbons (Fsp3) is 0.462. The number of hydrogen-bond donors (Lipinski definition) is 0. The van der Waals surface area contributed by atoms with E-state index in [0.717, 1.165) is 5.56 Å². The molecule has 0 aliphatic carbocycles. The van der Waals surface area contributed by atoms with Gasteiger partial charge in [0.15, 0.2) is 19.3 Å². The van der Waals surface area contributed by atoms with Gasteiger partial charge < -0.3 is 0 Å². The van der Waals surface area contributed by atoms with Gasteiger partial charge in [-0.15, -0.1) is 0 Å². The van der Waals surface area contributed by atoms with Crippen molar-refractivity contribution in [2.75, 3.05) is 5.75 Å². The Labute approximate surface area is 117 Å². The highest BCUT2D eigenvalue weighted by Gasteiger charge is 2.45. The summed E-state index contributed by atoms with van der Waals surface area (Å²) in [5, 5.41) is 0. The van der Waals surface area contributed by atoms with E-state index in [2.05, 4.69) is 15.9 Å². The molecule has 0 bridgehead atoms. The molecular formula is C13H17BrO3S. The van der Waals surface area contributed by atoms with E-state index in [1.165, 1.54) is 0 Å². The summed E-state index contributed by atoms with van der Waals surface area (Å²) in [6, 6.07) is 6.92. The first-order chi connectivity index (χ1) is 8.28. The van der Waals surface area contributed by atoms with Crippen LogP contribution in [0.4, 0.5) is 0 Å². The van der Waals surface area contributed by atoms with Crippen LogP contribution >= 0.6 is 15.9 Å². The molecule has 18 heavy (non-hydrogen) atoms. The van der Waals surface area contributed by atoms with E-state index >= 15 is 0 Å². The van der Waals surface area contributed by atoms with E-state index in [1.54, 1.807) is 38.1 Å². The van der Waals surface area contributed by atoms with Gasteiger partial charge in [-0.1, -0.05) is 59.6 Å². The number of carbonyl (C=O) groups excluding carboxylic acids is 1. The second-order valence-corrected chi connectivity index (χ2v) is 8.56. The van der Waals surface area contributed by atoms with Gasteiger partial charge in [0.1, 0.15) is 0 Å². The van der Waals surface area contributed by atoms with Crippen molar-refractivity contribution < 1.29 is 13.2 Å². The highest BCUT2D eigenvalue weighted by atomic mass is 79.9. The molecule has 1 unspecified atom stereocenters. The zero-order valence-electron chi connectivity index (χ0n) is 10.7. The standard InChI is InChI=1S/C13H17BrO3S/c1-4-13(14,18(16,17)5-2)12(15)11-8-6-10(3)7-9-11/h6-9H,4-5H2,1-3H3. The number of rotatable bonds is 5. The minimum absolute atomic E-state index is 0.0658. The van der Waals surface area contributed by atoms with Crippen LogP contribution in [0.1, 0.15) is 36.2 Å². The van der Waals surface area contributed by atoms with Crippen LogP contribution in [0.25, 0.3) is 0 Å². The van der Waals surface area contributed by atoms with Gasteiger partial charge in [-0.05, 0) is 13.3 Å². The molecule has 1 rings (SSSR count). The molecule has 3 nitrogen and oxygen atoms in total. The molecule has 100 valence electrons. The number of aryl methyl sites for hydroxylation is 1. The Morgan fingerprint density at radius 3 is 2.11 bits per heavy atom. The van der Waals surface area contributed by atoms with Gasteiger partial charge in [0.05, 0.1) is 0 Å². The number of halogens is 1. The number of Topliss-reactive ketones (excluding diaryl/α,β-unsaturated/α-hetero) is 1. The minimum Gasteiger partial charge on any atom is -0.291 e. The summed E-state index contributed by atoms with van der Waals surface area (Å²) in [6.45, 7) is 5.15. The normalized spacial score (nSPS) is 15.1. The second-order valence-electron chi connectivity index (χ2n) is 4.18. The first-order valence-corrected chi connectivity index (χ1v) is 8.25. The van der Waals surface area contributed by atoms with Gasteiger partial charge in [0.25, 0.3) is 0 Å². The molecule has 1 aromatic carbocycles. The molecular weight excluding hydrogens is 316 g/mol. The summed E-state index contributed by atoms with van der Waals surface area (Å²) in [5.74, 6) is -0.462. The molecule has 1 atom stereocenters. The van der Waals surface area contributed by atoms with Crippen molar-refractivity contribution in [3.05, 3.63) is 35.4 Å². The van der Waals surface area contributed by atoms with Crippen LogP contribution in [0.3, 0.4) is 0 Å². The Morgan fingerprint density at radius 2 is 1.72 bits per heavy atom. The monoisotopic (exact) mass is 332 g/mol. The lowest BCUT2D eigenvalue weighted by Crippen LogP contribution is -2.41. The lowest BCUT2D eigenvalue weighted by molar-refractivity contribution is 0.0976. The zero-order valence-corrected chi connectivity index (χ0v) is 13.1. The maximum Gasteiger partial charge on any atom is 0.194 e. The fourth-order valence-corrected chi connectivity index (χ4v) is 3.88. The number of benzene rings is 1. The largest absolute Gasteiger partial charge is 0.291 e. The van der Waals surface area contributed by atoms with Crippen molar-refractivity contribution in [1.29, 1.82) is 0 Å². The van der Waals surface area contributed by atoms with E-state index < -0.39 is 19.3 Å². The lowest BCUT2D eigenvalue weighted by Gasteiger charge is -2.24. The number of ketones is 1. The third-order valence-electron chi connectivity index (χ3n) is 2.98. The predicted octanol–water partition coefficient (Wildman–Crippen LogP) is 3.11. The van der Waals surface area contributed by atoms with E-state index in [4.69, 9.17) is 0 Å². The molecule has 1 aromatic rings. The number of hydrogen-bond acceptors (Lipinski definition) is 3. The number of carbonyl (C=O) groups is 1. The first kappa shape index (κ1) is 15.4. The maximum atomic E-state index is 12.4. The summed E-state index contributed by atoms with van der Waals surface area (Å²) >= 11 is 3.15. The van der Waals surface area contributed by atoms with Crippen molar-refractivity contribution in [2.45, 2.75) is 30.8 Å². The zero-order chi connectivity index (χ0) is 14.0. The molecule has 0 spiro atoms. The van der Waals surface area contributed by atoms with Crippen LogP contribution in [0.2, 0.25) is 0 Å². The molecule has 0 aromatic heterocycles. The molecule has 0 fully saturated rings. The van der Waals surface area contributed by atoms with Crippen LogP contribution in [0.5, 0.6) is 0 Å². The average molecular weight is 333 g/mol. The van der Waals surface area contributed by atoms with E-state index in [0.29, 0.717) is 5.56 Å². The van der Waals surface area contributed by atoms with Gasteiger partial charge in [0, 0.05) is 11.3 Å². The third kappa shape index (κ3) is 2.67. The summed E-state index contributed by atoms with van der Waals surface area (Å²) in [5.41, 5.74) is 1.44. The molecule has 0 radical (unpaired) electrons. The fourth-order valence-electron chi connectivity index (χ4n) is 1.67. The SMILES string of the molecule is CCC(Br)(C(=O)c1ccc(C)cc1)S(=O)(=O)CC. The Balaban J connectivity index is 3.26. The highest BCUT2D eigenvalue weighted by Crippen LogP contribution is 2.34. The quantitative estimate of drug-likeness (QED) is 0.614. The van der Waals surface area contributed by atoms with Crippen LogP contribution in [-0.4, -0.2) is 23.6 Å². The van der Waals surface area contributed by atoms with Crippen molar-refractivity contribution in [3.63, 3.8) is 0 Å². The lowest BCUT2D eigenvalue weighted by atomic mass is 10.1. The third-order valence-corrected chi connectivity index (χ3v) is 7.60. The second kappa shape index (κ2) is 5.53. The van der Waals surface area contributed by atoms with Crippen LogP contribution in [0.15, 0.2) is 24.3 Å². The van der Waals surface area contributed by atoms with Crippen molar-refractivity contribution >= 4 is 31.6 Å². The number of sulfone groups is 1. The molecule has 0 aliphatic heterocycles. The molecule has 0 heterocycles. The smallest absolute Gasteiger partial charge is 0.194 e. The summed E-state index contributed by atoms with van der Waals surface area (Å²) < 4.78 is 22.6. The van der Waals surface area contributed by atoms with Crippen molar-refractivity contribution in [2.24, 2.45) is 0 Å². The van der Waals surface area contributed by atoms with Crippen LogP contribution in [-0.2, 0) is 9.84 Å². The first-order valence-electron chi connectivity index (χ1n) is 5.81. The van der Waals surface area contributed by atoms with E-state index in [9.17, 15) is 13.2 Å². The molecule has 0 N–H and O–H groups in total. The van der Waals surface area contributed by atoms with E-state index in [-0.39, 0.29) is 12.2 Å². The highest BCUT2D eigenvalue weighted by molar-refractivity contribution is 9.12. The van der Waals surface area contributed by atoms with Gasteiger partial charge in [0.2, 0.25) is 0 Å².